The monoisotopic (exact) mass is 878 g/mol. The summed E-state index contributed by atoms with van der Waals surface area (Å²) in [5.74, 6) is 1.05. The molecule has 2 amide bonds. The fourth-order valence-corrected chi connectivity index (χ4v) is 8.11. The van der Waals surface area contributed by atoms with Crippen molar-refractivity contribution in [3.63, 3.8) is 0 Å². The first-order chi connectivity index (χ1) is 26.5. The van der Waals surface area contributed by atoms with Gasteiger partial charge < -0.3 is 15.4 Å². The van der Waals surface area contributed by atoms with E-state index in [1.807, 2.05) is 0 Å². The summed E-state index contributed by atoms with van der Waals surface area (Å²) in [4.78, 5) is 24.6. The van der Waals surface area contributed by atoms with Crippen molar-refractivity contribution in [1.29, 1.82) is 0 Å². The molecular formula is C47H80Br2N2O3. The lowest BCUT2D eigenvalue weighted by atomic mass is 10.1. The molecule has 1 rings (SSSR count). The first kappa shape index (κ1) is 50.4. The summed E-state index contributed by atoms with van der Waals surface area (Å²) >= 11 is 7.31. The lowest BCUT2D eigenvalue weighted by molar-refractivity contribution is -0.122. The van der Waals surface area contributed by atoms with Gasteiger partial charge in [0.25, 0.3) is 0 Å². The predicted octanol–water partition coefficient (Wildman–Crippen LogP) is 14.8. The number of hydrogen-bond acceptors (Lipinski definition) is 3. The molecule has 0 aliphatic rings. The second-order valence-corrected chi connectivity index (χ2v) is 16.9. The van der Waals surface area contributed by atoms with Gasteiger partial charge in [0.05, 0.1) is 15.6 Å². The maximum absolute atomic E-state index is 12.3. The molecule has 0 aromatic heterocycles. The molecule has 0 aliphatic heterocycles. The van der Waals surface area contributed by atoms with Gasteiger partial charge in [-0.15, -0.1) is 0 Å². The number of allylic oxidation sites excluding steroid dienone is 4. The smallest absolute Gasteiger partial charge is 0.220 e. The van der Waals surface area contributed by atoms with Crippen molar-refractivity contribution in [3.05, 3.63) is 50.9 Å². The highest BCUT2D eigenvalue weighted by molar-refractivity contribution is 9.11. The minimum absolute atomic E-state index is 0.138. The van der Waals surface area contributed by atoms with E-state index in [1.54, 1.807) is 0 Å². The molecule has 0 saturated carbocycles. The molecule has 5 nitrogen and oxygen atoms in total. The maximum Gasteiger partial charge on any atom is 0.220 e. The topological polar surface area (TPSA) is 67.4 Å². The number of carbonyl (C=O) groups is 2. The van der Waals surface area contributed by atoms with E-state index in [0.29, 0.717) is 32.5 Å². The third kappa shape index (κ3) is 31.6. The average Bonchev–Trinajstić information content (AvgIpc) is 3.15. The lowest BCUT2D eigenvalue weighted by Gasteiger charge is -2.13. The Kier molecular flexibility index (Phi) is 35.7. The largest absolute Gasteiger partial charge is 0.491 e. The highest BCUT2D eigenvalue weighted by Crippen LogP contribution is 2.35. The van der Waals surface area contributed by atoms with Crippen LogP contribution in [0.4, 0.5) is 0 Å². The number of nitrogens with one attached hydrogen (secondary N) is 2. The molecular weight excluding hydrogens is 800 g/mol. The maximum atomic E-state index is 12.3. The SMILES string of the molecule is CCCCCCCC/C=C/CCCCCCCC(=O)NCCCOc1c(Br)cc(CCNC(=O)CCCCCCC/C=C/CCCCCCCC)cc1Br. The Morgan fingerprint density at radius 2 is 0.889 bits per heavy atom. The van der Waals surface area contributed by atoms with Gasteiger partial charge in [-0.2, -0.15) is 0 Å². The summed E-state index contributed by atoms with van der Waals surface area (Å²) in [5, 5.41) is 6.12. The summed E-state index contributed by atoms with van der Waals surface area (Å²) < 4.78 is 7.81. The van der Waals surface area contributed by atoms with E-state index >= 15 is 0 Å². The molecule has 0 aliphatic carbocycles. The van der Waals surface area contributed by atoms with Crippen molar-refractivity contribution in [3.8, 4) is 5.75 Å². The van der Waals surface area contributed by atoms with E-state index < -0.39 is 0 Å². The third-order valence-electron chi connectivity index (χ3n) is 10.0. The Morgan fingerprint density at radius 3 is 1.31 bits per heavy atom. The molecule has 0 unspecified atom stereocenters. The number of benzene rings is 1. The minimum Gasteiger partial charge on any atom is -0.491 e. The highest BCUT2D eigenvalue weighted by Gasteiger charge is 2.10. The number of halogens is 2. The van der Waals surface area contributed by atoms with Gasteiger partial charge in [0.1, 0.15) is 5.75 Å². The van der Waals surface area contributed by atoms with Crippen LogP contribution >= 0.6 is 31.9 Å². The predicted molar refractivity (Wildman–Crippen MR) is 241 cm³/mol. The first-order valence-corrected chi connectivity index (χ1v) is 24.0. The highest BCUT2D eigenvalue weighted by atomic mass is 79.9. The van der Waals surface area contributed by atoms with Crippen LogP contribution in [-0.4, -0.2) is 31.5 Å². The normalized spacial score (nSPS) is 11.6. The van der Waals surface area contributed by atoms with Crippen LogP contribution < -0.4 is 15.4 Å². The Bertz CT molecular complexity index is 1080. The van der Waals surface area contributed by atoms with Crippen LogP contribution in [0.5, 0.6) is 5.75 Å². The minimum atomic E-state index is 0.138. The molecule has 310 valence electrons. The van der Waals surface area contributed by atoms with Gasteiger partial charge in [-0.3, -0.25) is 9.59 Å². The van der Waals surface area contributed by atoms with Gasteiger partial charge in [0.2, 0.25) is 11.8 Å². The van der Waals surface area contributed by atoms with Crippen LogP contribution in [0, 0.1) is 0 Å². The standard InChI is InChI=1S/C47H80Br2N2O3/c1-3-5-7-9-11-13-15-17-19-21-23-25-27-29-31-34-45(52)50-37-33-39-54-47-43(48)40-42(41-44(47)49)36-38-51-46(53)35-32-30-28-26-24-22-20-18-16-14-12-10-8-6-4-2/h17-20,40-41H,3-16,21-39H2,1-2H3,(H,50,52)(H,51,53)/b19-17+,20-18+. The van der Waals surface area contributed by atoms with E-state index in [-0.39, 0.29) is 11.8 Å². The van der Waals surface area contributed by atoms with E-state index in [9.17, 15) is 9.59 Å². The molecule has 1 aromatic carbocycles. The summed E-state index contributed by atoms with van der Waals surface area (Å²) in [7, 11) is 0. The van der Waals surface area contributed by atoms with Gasteiger partial charge in [-0.1, -0.05) is 141 Å². The summed E-state index contributed by atoms with van der Waals surface area (Å²) in [6.07, 6.45) is 45.0. The van der Waals surface area contributed by atoms with Crippen LogP contribution in [0.15, 0.2) is 45.4 Å². The van der Waals surface area contributed by atoms with Crippen molar-refractivity contribution in [1.82, 2.24) is 10.6 Å². The number of rotatable bonds is 38. The second-order valence-electron chi connectivity index (χ2n) is 15.2. The molecule has 0 spiro atoms. The molecule has 0 radical (unpaired) electrons. The quantitative estimate of drug-likeness (QED) is 0.0514. The molecule has 7 heteroatoms. The number of unbranched alkanes of at least 4 members (excludes halogenated alkanes) is 22. The van der Waals surface area contributed by atoms with Crippen LogP contribution in [0.25, 0.3) is 0 Å². The number of hydrogen-bond donors (Lipinski definition) is 2. The summed E-state index contributed by atoms with van der Waals surface area (Å²) in [6.45, 7) is 6.31. The van der Waals surface area contributed by atoms with Crippen molar-refractivity contribution in [2.45, 2.75) is 206 Å². The van der Waals surface area contributed by atoms with Crippen LogP contribution in [0.1, 0.15) is 206 Å². The van der Waals surface area contributed by atoms with E-state index in [2.05, 4.69) is 92.8 Å². The van der Waals surface area contributed by atoms with Gasteiger partial charge in [0, 0.05) is 25.9 Å². The fourth-order valence-electron chi connectivity index (χ4n) is 6.60. The van der Waals surface area contributed by atoms with E-state index in [1.165, 1.54) is 141 Å². The third-order valence-corrected chi connectivity index (χ3v) is 11.2. The molecule has 0 bridgehead atoms. The molecule has 0 fully saturated rings. The van der Waals surface area contributed by atoms with Gasteiger partial charge in [-0.25, -0.2) is 0 Å². The Hall–Kier alpha value is -1.60. The van der Waals surface area contributed by atoms with Gasteiger partial charge in [0.15, 0.2) is 0 Å². The van der Waals surface area contributed by atoms with E-state index in [4.69, 9.17) is 4.74 Å². The van der Waals surface area contributed by atoms with Crippen LogP contribution in [0.3, 0.4) is 0 Å². The van der Waals surface area contributed by atoms with Crippen LogP contribution in [0.2, 0.25) is 0 Å². The first-order valence-electron chi connectivity index (χ1n) is 22.4. The Balaban J connectivity index is 2.01. The molecule has 0 heterocycles. The van der Waals surface area contributed by atoms with Gasteiger partial charge >= 0.3 is 0 Å². The van der Waals surface area contributed by atoms with Gasteiger partial charge in [-0.05, 0) is 127 Å². The van der Waals surface area contributed by atoms with Crippen molar-refractivity contribution in [2.75, 3.05) is 19.7 Å². The number of carbonyl (C=O) groups excluding carboxylic acids is 2. The van der Waals surface area contributed by atoms with Crippen LogP contribution in [-0.2, 0) is 16.0 Å². The van der Waals surface area contributed by atoms with Crippen molar-refractivity contribution in [2.24, 2.45) is 0 Å². The number of amides is 2. The molecule has 1 aromatic rings. The van der Waals surface area contributed by atoms with Crippen molar-refractivity contribution >= 4 is 43.7 Å². The van der Waals surface area contributed by atoms with Crippen molar-refractivity contribution < 1.29 is 14.3 Å². The fraction of sp³-hybridized carbons (Fsp3) is 0.745. The molecule has 2 N–H and O–H groups in total. The summed E-state index contributed by atoms with van der Waals surface area (Å²) in [6, 6.07) is 4.12. The molecule has 54 heavy (non-hydrogen) atoms. The number of ether oxygens (including phenoxy) is 1. The zero-order valence-electron chi connectivity index (χ0n) is 34.8. The zero-order chi connectivity index (χ0) is 39.2. The Morgan fingerprint density at radius 1 is 0.519 bits per heavy atom. The molecule has 0 saturated heterocycles. The zero-order valence-corrected chi connectivity index (χ0v) is 38.0. The van der Waals surface area contributed by atoms with E-state index in [0.717, 1.165) is 58.8 Å². The summed E-state index contributed by atoms with van der Waals surface area (Å²) in [5.41, 5.74) is 1.13. The molecule has 0 atom stereocenters. The average molecular weight is 881 g/mol. The lowest BCUT2D eigenvalue weighted by Crippen LogP contribution is -2.25. The Labute approximate surface area is 349 Å². The second kappa shape index (κ2) is 38.3.